The number of hydrogen-bond donors (Lipinski definition) is 0. The summed E-state index contributed by atoms with van der Waals surface area (Å²) in [7, 11) is 0. The summed E-state index contributed by atoms with van der Waals surface area (Å²) >= 11 is 3.52. The first-order valence-corrected chi connectivity index (χ1v) is 8.92. The topological polar surface area (TPSA) is 27.7 Å². The summed E-state index contributed by atoms with van der Waals surface area (Å²) in [5, 5.41) is 0. The molecule has 134 valence electrons. The fourth-order valence-electron chi connectivity index (χ4n) is 3.73. The molecule has 2 aliphatic heterocycles. The molecule has 0 radical (unpaired) electrons. The maximum absolute atomic E-state index is 13.9. The molecule has 3 nitrogen and oxygen atoms in total. The molecule has 2 heterocycles. The van der Waals surface area contributed by atoms with Crippen molar-refractivity contribution in [3.05, 3.63) is 27.7 Å². The summed E-state index contributed by atoms with van der Waals surface area (Å²) in [6.45, 7) is 7.76. The zero-order valence-electron chi connectivity index (χ0n) is 14.4. The lowest BCUT2D eigenvalue weighted by Crippen LogP contribution is -2.46. The Kier molecular flexibility index (Phi) is 4.46. The van der Waals surface area contributed by atoms with Crippen molar-refractivity contribution >= 4 is 15.9 Å². The van der Waals surface area contributed by atoms with Gasteiger partial charge in [0.05, 0.1) is 13.2 Å². The standard InChI is InChI=1S/C18H23BrF2O3/c1-16(2,9-18(15(20)21)10-23-17(3,4)24-18)13-8-12(19)7-11-5-6-22-14(11)13/h7-8,15H,5-6,9-10H2,1-4H3. The minimum Gasteiger partial charge on any atom is -0.493 e. The van der Waals surface area contributed by atoms with E-state index in [1.807, 2.05) is 26.0 Å². The van der Waals surface area contributed by atoms with Crippen LogP contribution < -0.4 is 4.74 Å². The van der Waals surface area contributed by atoms with Gasteiger partial charge < -0.3 is 14.2 Å². The molecule has 1 unspecified atom stereocenters. The van der Waals surface area contributed by atoms with Gasteiger partial charge in [0.2, 0.25) is 0 Å². The third-order valence-corrected chi connectivity index (χ3v) is 5.19. The van der Waals surface area contributed by atoms with Gasteiger partial charge in [-0.2, -0.15) is 0 Å². The van der Waals surface area contributed by atoms with E-state index in [-0.39, 0.29) is 13.0 Å². The number of rotatable bonds is 4. The molecule has 1 saturated heterocycles. The summed E-state index contributed by atoms with van der Waals surface area (Å²) in [6.07, 6.45) is -1.64. The van der Waals surface area contributed by atoms with Crippen molar-refractivity contribution in [3.63, 3.8) is 0 Å². The molecule has 1 fully saturated rings. The molecule has 1 atom stereocenters. The molecule has 1 aromatic rings. The van der Waals surface area contributed by atoms with E-state index in [4.69, 9.17) is 14.2 Å². The second kappa shape index (κ2) is 5.92. The normalized spacial score (nSPS) is 25.8. The first-order chi connectivity index (χ1) is 11.0. The average molecular weight is 405 g/mol. The molecule has 0 aromatic heterocycles. The van der Waals surface area contributed by atoms with E-state index in [0.29, 0.717) is 6.61 Å². The summed E-state index contributed by atoms with van der Waals surface area (Å²) < 4.78 is 45.7. The molecule has 2 aliphatic rings. The molecule has 0 N–H and O–H groups in total. The Balaban J connectivity index is 1.97. The van der Waals surface area contributed by atoms with Crippen LogP contribution in [-0.2, 0) is 21.3 Å². The zero-order valence-corrected chi connectivity index (χ0v) is 16.0. The lowest BCUT2D eigenvalue weighted by Gasteiger charge is -2.37. The maximum Gasteiger partial charge on any atom is 0.269 e. The molecular formula is C18H23BrF2O3. The Morgan fingerprint density at radius 3 is 2.58 bits per heavy atom. The van der Waals surface area contributed by atoms with E-state index in [1.165, 1.54) is 0 Å². The largest absolute Gasteiger partial charge is 0.493 e. The molecule has 24 heavy (non-hydrogen) atoms. The molecule has 0 amide bonds. The lowest BCUT2D eigenvalue weighted by molar-refractivity contribution is -0.197. The Morgan fingerprint density at radius 2 is 2.00 bits per heavy atom. The number of benzene rings is 1. The predicted molar refractivity (Wildman–Crippen MR) is 90.8 cm³/mol. The van der Waals surface area contributed by atoms with Crippen LogP contribution in [0.25, 0.3) is 0 Å². The fourth-order valence-corrected chi connectivity index (χ4v) is 4.24. The summed E-state index contributed by atoms with van der Waals surface area (Å²) in [6, 6.07) is 3.99. The first-order valence-electron chi connectivity index (χ1n) is 8.13. The Morgan fingerprint density at radius 1 is 1.29 bits per heavy atom. The van der Waals surface area contributed by atoms with Gasteiger partial charge in [-0.3, -0.25) is 0 Å². The third kappa shape index (κ3) is 3.20. The lowest BCUT2D eigenvalue weighted by atomic mass is 9.74. The van der Waals surface area contributed by atoms with E-state index in [2.05, 4.69) is 15.9 Å². The van der Waals surface area contributed by atoms with E-state index >= 15 is 0 Å². The van der Waals surface area contributed by atoms with Crippen LogP contribution >= 0.6 is 15.9 Å². The molecule has 3 rings (SSSR count). The second-order valence-corrected chi connectivity index (χ2v) is 8.67. The quantitative estimate of drug-likeness (QED) is 0.718. The van der Waals surface area contributed by atoms with Crippen LogP contribution in [0.2, 0.25) is 0 Å². The molecule has 0 spiro atoms. The Labute approximate surface area is 149 Å². The summed E-state index contributed by atoms with van der Waals surface area (Å²) in [5.74, 6) is -0.173. The van der Waals surface area contributed by atoms with Crippen LogP contribution in [0.3, 0.4) is 0 Å². The van der Waals surface area contributed by atoms with E-state index in [1.54, 1.807) is 13.8 Å². The Bertz CT molecular complexity index is 645. The number of hydrogen-bond acceptors (Lipinski definition) is 3. The van der Waals surface area contributed by atoms with Gasteiger partial charge in [-0.15, -0.1) is 0 Å². The van der Waals surface area contributed by atoms with Gasteiger partial charge in [-0.05, 0) is 43.4 Å². The van der Waals surface area contributed by atoms with Gasteiger partial charge in [0.25, 0.3) is 6.43 Å². The van der Waals surface area contributed by atoms with E-state index < -0.39 is 23.2 Å². The minimum absolute atomic E-state index is 0.113. The van der Waals surface area contributed by atoms with Crippen LogP contribution in [0.15, 0.2) is 16.6 Å². The third-order valence-electron chi connectivity index (χ3n) is 4.73. The average Bonchev–Trinajstić information content (AvgIpc) is 3.02. The predicted octanol–water partition coefficient (Wildman–Crippen LogP) is 4.84. The molecule has 0 saturated carbocycles. The van der Waals surface area contributed by atoms with Gasteiger partial charge in [0.1, 0.15) is 5.75 Å². The highest BCUT2D eigenvalue weighted by Gasteiger charge is 2.54. The van der Waals surface area contributed by atoms with Crippen molar-refractivity contribution in [2.24, 2.45) is 0 Å². The van der Waals surface area contributed by atoms with Crippen LogP contribution in [0, 0.1) is 0 Å². The van der Waals surface area contributed by atoms with Crippen molar-refractivity contribution in [1.29, 1.82) is 0 Å². The highest BCUT2D eigenvalue weighted by molar-refractivity contribution is 9.10. The van der Waals surface area contributed by atoms with Gasteiger partial charge >= 0.3 is 0 Å². The van der Waals surface area contributed by atoms with Gasteiger partial charge in [0.15, 0.2) is 11.4 Å². The fraction of sp³-hybridized carbons (Fsp3) is 0.667. The molecule has 0 aliphatic carbocycles. The van der Waals surface area contributed by atoms with Crippen LogP contribution in [0.1, 0.15) is 45.2 Å². The van der Waals surface area contributed by atoms with Crippen LogP contribution in [-0.4, -0.2) is 31.0 Å². The molecule has 6 heteroatoms. The van der Waals surface area contributed by atoms with Crippen molar-refractivity contribution in [2.45, 2.75) is 63.8 Å². The summed E-state index contributed by atoms with van der Waals surface area (Å²) in [5.41, 5.74) is -0.126. The van der Waals surface area contributed by atoms with Crippen molar-refractivity contribution in [3.8, 4) is 5.75 Å². The van der Waals surface area contributed by atoms with Crippen LogP contribution in [0.5, 0.6) is 5.75 Å². The number of halogens is 3. The molecule has 0 bridgehead atoms. The first kappa shape index (κ1) is 18.1. The monoisotopic (exact) mass is 404 g/mol. The highest BCUT2D eigenvalue weighted by atomic mass is 79.9. The van der Waals surface area contributed by atoms with Gasteiger partial charge in [-0.25, -0.2) is 8.78 Å². The smallest absolute Gasteiger partial charge is 0.269 e. The SMILES string of the molecule is CC1(C)OCC(CC(C)(C)c2cc(Br)cc3c2OCC3)(C(F)F)O1. The van der Waals surface area contributed by atoms with Crippen molar-refractivity contribution < 1.29 is 23.0 Å². The number of fused-ring (bicyclic) bond motifs is 1. The second-order valence-electron chi connectivity index (χ2n) is 7.76. The van der Waals surface area contributed by atoms with E-state index in [9.17, 15) is 8.78 Å². The number of ether oxygens (including phenoxy) is 3. The summed E-state index contributed by atoms with van der Waals surface area (Å²) in [4.78, 5) is 0. The van der Waals surface area contributed by atoms with Crippen molar-refractivity contribution in [1.82, 2.24) is 0 Å². The van der Waals surface area contributed by atoms with Crippen molar-refractivity contribution in [2.75, 3.05) is 13.2 Å². The highest BCUT2D eigenvalue weighted by Crippen LogP contribution is 2.47. The Hall–Kier alpha value is -0.720. The minimum atomic E-state index is -2.63. The zero-order chi connectivity index (χ0) is 17.8. The van der Waals surface area contributed by atoms with Crippen LogP contribution in [0.4, 0.5) is 8.78 Å². The molecule has 1 aromatic carbocycles. The maximum atomic E-state index is 13.9. The van der Waals surface area contributed by atoms with Gasteiger partial charge in [-0.1, -0.05) is 29.8 Å². The number of alkyl halides is 2. The molecular weight excluding hydrogens is 382 g/mol. The van der Waals surface area contributed by atoms with E-state index in [0.717, 1.165) is 27.8 Å². The van der Waals surface area contributed by atoms with Gasteiger partial charge in [0, 0.05) is 16.5 Å².